The zero-order valence-corrected chi connectivity index (χ0v) is 11.1. The molecule has 0 aliphatic heterocycles. The Morgan fingerprint density at radius 2 is 1.00 bits per heavy atom. The average Bonchev–Trinajstić information content (AvgIpc) is 1.81. The van der Waals surface area contributed by atoms with Crippen molar-refractivity contribution in [1.29, 1.82) is 0 Å². The molecule has 0 saturated heterocycles. The normalized spacial score (nSPS) is 10.9. The Balaban J connectivity index is -0.000000180. The van der Waals surface area contributed by atoms with E-state index < -0.39 is 20.2 Å². The third-order valence-corrected chi connectivity index (χ3v) is 2.72. The summed E-state index contributed by atoms with van der Waals surface area (Å²) in [5.41, 5.74) is 0. The van der Waals surface area contributed by atoms with Gasteiger partial charge in [-0.05, 0) is 12.8 Å². The second-order valence-corrected chi connectivity index (χ2v) is 5.57. The Kier molecular flexibility index (Phi) is 13.2. The van der Waals surface area contributed by atoms with Crippen molar-refractivity contribution in [3.05, 3.63) is 0 Å². The van der Waals surface area contributed by atoms with E-state index in [1.165, 1.54) is 0 Å². The van der Waals surface area contributed by atoms with Gasteiger partial charge in [0.25, 0.3) is 0 Å². The van der Waals surface area contributed by atoms with Crippen LogP contribution in [0.4, 0.5) is 0 Å². The molecule has 0 aromatic rings. The van der Waals surface area contributed by atoms with Gasteiger partial charge in [0.15, 0.2) is 0 Å². The quantitative estimate of drug-likeness (QED) is 0.669. The van der Waals surface area contributed by atoms with Crippen LogP contribution in [0.3, 0.4) is 0 Å². The van der Waals surface area contributed by atoms with E-state index in [0.717, 1.165) is 0 Å². The average molecular weight is 305 g/mol. The van der Waals surface area contributed by atoms with Crippen molar-refractivity contribution < 1.29 is 42.7 Å². The summed E-state index contributed by atoms with van der Waals surface area (Å²) in [5.74, 6) is -0.486. The van der Waals surface area contributed by atoms with Crippen molar-refractivity contribution in [1.82, 2.24) is 0 Å². The maximum atomic E-state index is 9.68. The van der Waals surface area contributed by atoms with Gasteiger partial charge in [-0.15, -0.1) is 0 Å². The van der Waals surface area contributed by atoms with E-state index in [1.54, 1.807) is 13.8 Å². The molecule has 1 radical (unpaired) electrons. The molecule has 0 rings (SSSR count). The minimum atomic E-state index is -3.92. The van der Waals surface area contributed by atoms with Gasteiger partial charge in [-0.2, -0.15) is 0 Å². The SMILES string of the molecule is CCCS(=O)(=O)[O-].CCCS(=O)(=O)[O-].[Co+2]. The van der Waals surface area contributed by atoms with Gasteiger partial charge >= 0.3 is 16.8 Å². The summed E-state index contributed by atoms with van der Waals surface area (Å²) in [6, 6.07) is 0. The van der Waals surface area contributed by atoms with Crippen molar-refractivity contribution >= 4 is 20.2 Å². The Bertz CT molecular complexity index is 286. The van der Waals surface area contributed by atoms with E-state index in [1.807, 2.05) is 0 Å². The van der Waals surface area contributed by atoms with E-state index in [4.69, 9.17) is 0 Å². The maximum Gasteiger partial charge on any atom is 2.00 e. The van der Waals surface area contributed by atoms with E-state index in [0.29, 0.717) is 12.8 Å². The number of hydrogen-bond donors (Lipinski definition) is 0. The van der Waals surface area contributed by atoms with Crippen molar-refractivity contribution in [3.8, 4) is 0 Å². The first-order chi connectivity index (χ1) is 6.12. The molecule has 0 atom stereocenters. The maximum absolute atomic E-state index is 9.68. The van der Waals surface area contributed by atoms with Gasteiger partial charge in [-0.3, -0.25) is 0 Å². The first kappa shape index (κ1) is 20.7. The van der Waals surface area contributed by atoms with Crippen molar-refractivity contribution in [3.63, 3.8) is 0 Å². The zero-order chi connectivity index (χ0) is 11.8. The van der Waals surface area contributed by atoms with Crippen LogP contribution in [0.2, 0.25) is 0 Å². The Morgan fingerprint density at radius 3 is 1.00 bits per heavy atom. The van der Waals surface area contributed by atoms with Crippen LogP contribution in [-0.2, 0) is 37.0 Å². The molecule has 0 unspecified atom stereocenters. The summed E-state index contributed by atoms with van der Waals surface area (Å²) < 4.78 is 58.1. The first-order valence-electron chi connectivity index (χ1n) is 3.99. The van der Waals surface area contributed by atoms with Gasteiger partial charge in [0.1, 0.15) is 0 Å². The minimum Gasteiger partial charge on any atom is -0.748 e. The van der Waals surface area contributed by atoms with Gasteiger partial charge in [0.05, 0.1) is 20.2 Å². The van der Waals surface area contributed by atoms with Gasteiger partial charge in [0, 0.05) is 11.5 Å². The monoisotopic (exact) mass is 305 g/mol. The van der Waals surface area contributed by atoms with Crippen LogP contribution in [0.25, 0.3) is 0 Å². The fourth-order valence-electron chi connectivity index (χ4n) is 0.500. The van der Waals surface area contributed by atoms with Gasteiger partial charge < -0.3 is 9.11 Å². The molecule has 0 heterocycles. The van der Waals surface area contributed by atoms with Crippen LogP contribution < -0.4 is 0 Å². The van der Waals surface area contributed by atoms with E-state index in [-0.39, 0.29) is 28.3 Å². The molecule has 0 amide bonds. The second kappa shape index (κ2) is 9.55. The molecule has 0 aromatic heterocycles. The summed E-state index contributed by atoms with van der Waals surface area (Å²) in [6.45, 7) is 3.30. The molecule has 0 spiro atoms. The van der Waals surface area contributed by atoms with Crippen LogP contribution in [0.5, 0.6) is 0 Å². The predicted octanol–water partition coefficient (Wildman–Crippen LogP) is -0.119. The van der Waals surface area contributed by atoms with Gasteiger partial charge in [0.2, 0.25) is 0 Å². The zero-order valence-electron chi connectivity index (χ0n) is 8.43. The van der Waals surface area contributed by atoms with Gasteiger partial charge in [-0.25, -0.2) is 16.8 Å². The standard InChI is InChI=1S/2C3H8O3S.Co/c2*1-2-3-7(4,5)6;/h2*2-3H2,1H3,(H,4,5,6);/q;;+2/p-2. The van der Waals surface area contributed by atoms with Crippen LogP contribution in [0.15, 0.2) is 0 Å². The van der Waals surface area contributed by atoms with Crippen LogP contribution in [0, 0.1) is 0 Å². The topological polar surface area (TPSA) is 114 Å². The molecule has 0 N–H and O–H groups in total. The van der Waals surface area contributed by atoms with Crippen LogP contribution in [0.1, 0.15) is 26.7 Å². The molecule has 0 aromatic carbocycles. The fourth-order valence-corrected chi connectivity index (χ4v) is 1.50. The summed E-state index contributed by atoms with van der Waals surface area (Å²) in [5, 5.41) is 0. The van der Waals surface area contributed by atoms with Crippen LogP contribution in [-0.4, -0.2) is 37.4 Å². The molecule has 0 bridgehead atoms. The number of hydrogen-bond acceptors (Lipinski definition) is 6. The summed E-state index contributed by atoms with van der Waals surface area (Å²) in [7, 11) is -7.85. The van der Waals surface area contributed by atoms with E-state index in [2.05, 4.69) is 0 Å². The molecule has 0 aliphatic carbocycles. The Hall–Kier alpha value is 0.326. The Labute approximate surface area is 101 Å². The molecule has 0 fully saturated rings. The fraction of sp³-hybridized carbons (Fsp3) is 1.00. The molecular weight excluding hydrogens is 291 g/mol. The molecular formula is C6H14CoO6S2. The third kappa shape index (κ3) is 31.4. The third-order valence-electron chi connectivity index (χ3n) is 0.908. The molecule has 15 heavy (non-hydrogen) atoms. The van der Waals surface area contributed by atoms with Crippen molar-refractivity contribution in [2.75, 3.05) is 11.5 Å². The molecule has 0 aliphatic rings. The van der Waals surface area contributed by atoms with Crippen LogP contribution >= 0.6 is 0 Å². The molecule has 6 nitrogen and oxygen atoms in total. The van der Waals surface area contributed by atoms with E-state index in [9.17, 15) is 25.9 Å². The summed E-state index contributed by atoms with van der Waals surface area (Å²) >= 11 is 0. The largest absolute Gasteiger partial charge is 2.00 e. The number of rotatable bonds is 4. The van der Waals surface area contributed by atoms with E-state index >= 15 is 0 Å². The van der Waals surface area contributed by atoms with Gasteiger partial charge in [-0.1, -0.05) is 13.8 Å². The smallest absolute Gasteiger partial charge is 0.748 e. The minimum absolute atomic E-state index is 0. The first-order valence-corrected chi connectivity index (χ1v) is 7.15. The van der Waals surface area contributed by atoms with Crippen molar-refractivity contribution in [2.45, 2.75) is 26.7 Å². The van der Waals surface area contributed by atoms with Crippen molar-refractivity contribution in [2.24, 2.45) is 0 Å². The second-order valence-electron chi connectivity index (χ2n) is 2.52. The molecule has 0 saturated carbocycles. The predicted molar refractivity (Wildman–Crippen MR) is 49.7 cm³/mol. The Morgan fingerprint density at radius 1 is 0.800 bits per heavy atom. The summed E-state index contributed by atoms with van der Waals surface area (Å²) in [6.07, 6.45) is 0.817. The summed E-state index contributed by atoms with van der Waals surface area (Å²) in [4.78, 5) is 0. The molecule has 9 heteroatoms. The molecule has 95 valence electrons.